The third-order valence-electron chi connectivity index (χ3n) is 4.12. The van der Waals surface area contributed by atoms with E-state index in [0.717, 1.165) is 24.7 Å². The van der Waals surface area contributed by atoms with Crippen molar-refractivity contribution < 1.29 is 37.8 Å². The van der Waals surface area contributed by atoms with Gasteiger partial charge >= 0.3 is 18.0 Å². The Labute approximate surface area is 172 Å². The first-order chi connectivity index (χ1) is 14.3. The lowest BCUT2D eigenvalue weighted by Crippen LogP contribution is -2.44. The predicted octanol–water partition coefficient (Wildman–Crippen LogP) is 1.25. The number of carbonyl (C=O) groups excluding carboxylic acids is 3. The fourth-order valence-corrected chi connectivity index (χ4v) is 2.62. The topological polar surface area (TPSA) is 130 Å². The molecule has 1 heterocycles. The minimum Gasteiger partial charge on any atom is -0.466 e. The highest BCUT2D eigenvalue weighted by Gasteiger charge is 2.39. The highest BCUT2D eigenvalue weighted by molar-refractivity contribution is 5.95. The minimum absolute atomic E-state index is 0.00174. The van der Waals surface area contributed by atoms with Crippen molar-refractivity contribution in [1.82, 2.24) is 4.90 Å². The number of methoxy groups -OCH3 is 2. The Morgan fingerprint density at radius 3 is 2.57 bits per heavy atom. The van der Waals surface area contributed by atoms with Crippen molar-refractivity contribution in [3.05, 3.63) is 47.7 Å². The summed E-state index contributed by atoms with van der Waals surface area (Å²) in [5.74, 6) is -2.78. The van der Waals surface area contributed by atoms with Gasteiger partial charge in [-0.15, -0.1) is 0 Å². The number of nitrogens with zero attached hydrogens (tertiary/aromatic N) is 2. The molecule has 11 heteroatoms. The van der Waals surface area contributed by atoms with Gasteiger partial charge in [-0.2, -0.15) is 0 Å². The van der Waals surface area contributed by atoms with Crippen LogP contribution in [-0.2, 0) is 35.2 Å². The second-order valence-corrected chi connectivity index (χ2v) is 6.17. The molecular weight excluding hydrogens is 401 g/mol. The van der Waals surface area contributed by atoms with E-state index in [9.17, 15) is 18.8 Å². The molecule has 1 saturated heterocycles. The average molecular weight is 423 g/mol. The van der Waals surface area contributed by atoms with Gasteiger partial charge in [0.15, 0.2) is 5.84 Å². The second kappa shape index (κ2) is 10.8. The number of hydrogen-bond donors (Lipinski definition) is 1. The number of likely N-dealkylation sites (tertiary alicyclic amines) is 1. The molecule has 0 spiro atoms. The molecule has 162 valence electrons. The second-order valence-electron chi connectivity index (χ2n) is 6.17. The summed E-state index contributed by atoms with van der Waals surface area (Å²) >= 11 is 0. The Hall–Kier alpha value is -3.63. The maximum absolute atomic E-state index is 14.0. The van der Waals surface area contributed by atoms with Crippen LogP contribution < -0.4 is 5.73 Å². The molecule has 10 nitrogen and oxygen atoms in total. The standard InChI is InChI=1S/C19H22FN3O7/c1-27-16(24)9-15(18(25)28-2)30-22-17(21)14-8-13(20)10-23(14)19(26)29-11-12-6-4-3-5-7-12/h3-7,9,13-14H,8,10-11H2,1-2H3,(H2,21,22)/b15-9+/t13-,14+/m1/s1. The van der Waals surface area contributed by atoms with Gasteiger partial charge in [0.2, 0.25) is 5.76 Å². The molecule has 2 rings (SSSR count). The van der Waals surface area contributed by atoms with Gasteiger partial charge in [0, 0.05) is 6.42 Å². The maximum Gasteiger partial charge on any atom is 0.410 e. The lowest BCUT2D eigenvalue weighted by molar-refractivity contribution is -0.142. The van der Waals surface area contributed by atoms with Crippen LogP contribution in [0.1, 0.15) is 12.0 Å². The molecule has 0 radical (unpaired) electrons. The molecule has 1 aliphatic rings. The van der Waals surface area contributed by atoms with E-state index in [2.05, 4.69) is 14.6 Å². The van der Waals surface area contributed by atoms with Crippen LogP contribution in [0.3, 0.4) is 0 Å². The van der Waals surface area contributed by atoms with Gasteiger partial charge < -0.3 is 24.8 Å². The maximum atomic E-state index is 14.0. The Morgan fingerprint density at radius 2 is 1.93 bits per heavy atom. The summed E-state index contributed by atoms with van der Waals surface area (Å²) in [6.07, 6.45) is -1.55. The summed E-state index contributed by atoms with van der Waals surface area (Å²) in [6, 6.07) is 8.01. The van der Waals surface area contributed by atoms with Crippen LogP contribution in [0.15, 0.2) is 47.3 Å². The first-order valence-corrected chi connectivity index (χ1v) is 8.85. The van der Waals surface area contributed by atoms with Gasteiger partial charge in [0.25, 0.3) is 0 Å². The molecule has 0 saturated carbocycles. The smallest absolute Gasteiger partial charge is 0.410 e. The number of amidine groups is 1. The summed E-state index contributed by atoms with van der Waals surface area (Å²) in [4.78, 5) is 41.4. The quantitative estimate of drug-likeness (QED) is 0.132. The van der Waals surface area contributed by atoms with E-state index in [-0.39, 0.29) is 25.4 Å². The average Bonchev–Trinajstić information content (AvgIpc) is 3.16. The van der Waals surface area contributed by atoms with Gasteiger partial charge in [-0.3, -0.25) is 4.90 Å². The summed E-state index contributed by atoms with van der Waals surface area (Å²) in [6.45, 7) is -0.238. The number of esters is 2. The van der Waals surface area contributed by atoms with Crippen molar-refractivity contribution in [1.29, 1.82) is 0 Å². The molecule has 1 aliphatic heterocycles. The molecule has 1 fully saturated rings. The number of hydrogen-bond acceptors (Lipinski definition) is 8. The molecule has 0 unspecified atom stereocenters. The predicted molar refractivity (Wildman–Crippen MR) is 101 cm³/mol. The van der Waals surface area contributed by atoms with Crippen molar-refractivity contribution in [3.8, 4) is 0 Å². The normalized spacial score (nSPS) is 19.2. The van der Waals surface area contributed by atoms with E-state index in [4.69, 9.17) is 15.3 Å². The fourth-order valence-electron chi connectivity index (χ4n) is 2.62. The van der Waals surface area contributed by atoms with E-state index >= 15 is 0 Å². The number of carbonyl (C=O) groups is 3. The van der Waals surface area contributed by atoms with Crippen LogP contribution in [0.4, 0.5) is 9.18 Å². The summed E-state index contributed by atoms with van der Waals surface area (Å²) in [5, 5.41) is 3.55. The van der Waals surface area contributed by atoms with Gasteiger partial charge in [0.05, 0.1) is 32.9 Å². The molecular formula is C19H22FN3O7. The lowest BCUT2D eigenvalue weighted by atomic mass is 10.2. The van der Waals surface area contributed by atoms with Crippen molar-refractivity contribution in [2.75, 3.05) is 20.8 Å². The van der Waals surface area contributed by atoms with Crippen LogP contribution >= 0.6 is 0 Å². The Kier molecular flexibility index (Phi) is 8.15. The number of nitrogens with two attached hydrogens (primary N) is 1. The van der Waals surface area contributed by atoms with Gasteiger partial charge in [0.1, 0.15) is 12.8 Å². The van der Waals surface area contributed by atoms with Gasteiger partial charge in [-0.1, -0.05) is 35.5 Å². The van der Waals surface area contributed by atoms with Crippen LogP contribution in [0.2, 0.25) is 0 Å². The van der Waals surface area contributed by atoms with E-state index < -0.39 is 36.0 Å². The largest absolute Gasteiger partial charge is 0.466 e. The SMILES string of the molecule is COC(=O)/C=C(/O/N=C(\N)[C@@H]1C[C@@H](F)CN1C(=O)OCc1ccccc1)C(=O)OC. The zero-order valence-corrected chi connectivity index (χ0v) is 16.4. The zero-order valence-electron chi connectivity index (χ0n) is 16.4. The number of amides is 1. The molecule has 1 aromatic carbocycles. The fraction of sp³-hybridized carbons (Fsp3) is 0.368. The summed E-state index contributed by atoms with van der Waals surface area (Å²) in [5.41, 5.74) is 6.61. The van der Waals surface area contributed by atoms with E-state index in [1.54, 1.807) is 24.3 Å². The number of benzene rings is 1. The molecule has 2 atom stereocenters. The number of halogens is 1. The van der Waals surface area contributed by atoms with Crippen molar-refractivity contribution in [2.24, 2.45) is 10.9 Å². The van der Waals surface area contributed by atoms with E-state index in [1.807, 2.05) is 6.07 Å². The number of rotatable bonds is 7. The number of ether oxygens (including phenoxy) is 3. The minimum atomic E-state index is -1.35. The molecule has 30 heavy (non-hydrogen) atoms. The molecule has 1 aromatic rings. The lowest BCUT2D eigenvalue weighted by Gasteiger charge is -2.22. The number of alkyl halides is 1. The molecule has 1 amide bonds. The third-order valence-corrected chi connectivity index (χ3v) is 4.12. The van der Waals surface area contributed by atoms with Crippen LogP contribution in [0.5, 0.6) is 0 Å². The Morgan fingerprint density at radius 1 is 1.23 bits per heavy atom. The zero-order chi connectivity index (χ0) is 22.1. The van der Waals surface area contributed by atoms with E-state index in [0.29, 0.717) is 6.08 Å². The van der Waals surface area contributed by atoms with Crippen molar-refractivity contribution in [3.63, 3.8) is 0 Å². The first-order valence-electron chi connectivity index (χ1n) is 8.85. The summed E-state index contributed by atoms with van der Waals surface area (Å²) < 4.78 is 28.0. The molecule has 2 N–H and O–H groups in total. The monoisotopic (exact) mass is 423 g/mol. The van der Waals surface area contributed by atoms with Crippen molar-refractivity contribution >= 4 is 23.9 Å². The molecule has 0 aromatic heterocycles. The third kappa shape index (κ3) is 6.19. The highest BCUT2D eigenvalue weighted by Crippen LogP contribution is 2.22. The van der Waals surface area contributed by atoms with Gasteiger partial charge in [-0.25, -0.2) is 18.8 Å². The molecule has 0 aliphatic carbocycles. The Balaban J connectivity index is 2.08. The Bertz CT molecular complexity index is 829. The number of oxime groups is 1. The van der Waals surface area contributed by atoms with Crippen LogP contribution in [0, 0.1) is 0 Å². The van der Waals surface area contributed by atoms with Crippen LogP contribution in [0.25, 0.3) is 0 Å². The highest BCUT2D eigenvalue weighted by atomic mass is 19.1. The van der Waals surface area contributed by atoms with E-state index in [1.165, 1.54) is 0 Å². The summed E-state index contributed by atoms with van der Waals surface area (Å²) in [7, 11) is 2.17. The van der Waals surface area contributed by atoms with Gasteiger partial charge in [-0.05, 0) is 5.56 Å². The molecule has 0 bridgehead atoms. The van der Waals surface area contributed by atoms with Crippen molar-refractivity contribution in [2.45, 2.75) is 25.2 Å². The van der Waals surface area contributed by atoms with Crippen LogP contribution in [-0.4, -0.2) is 61.7 Å². The first kappa shape index (κ1) is 22.7.